The zero-order chi connectivity index (χ0) is 23.5. The quantitative estimate of drug-likeness (QED) is 0.413. The van der Waals surface area contributed by atoms with Crippen molar-refractivity contribution in [3.05, 3.63) is 97.0 Å². The number of carbonyl (C=O) groups is 1. The van der Waals surface area contributed by atoms with Gasteiger partial charge in [-0.2, -0.15) is 0 Å². The monoisotopic (exact) mass is 508 g/mol. The molecule has 0 unspecified atom stereocenters. The molecule has 10 heteroatoms. The maximum Gasteiger partial charge on any atom is 0.331 e. The Morgan fingerprint density at radius 2 is 1.91 bits per heavy atom. The minimum atomic E-state index is -0.475. The molecule has 3 heterocycles. The van der Waals surface area contributed by atoms with Gasteiger partial charge in [0.15, 0.2) is 0 Å². The van der Waals surface area contributed by atoms with E-state index in [9.17, 15) is 14.4 Å². The molecule has 0 aliphatic rings. The number of aromatic nitrogens is 4. The summed E-state index contributed by atoms with van der Waals surface area (Å²) in [6, 6.07) is 12.4. The molecule has 0 fully saturated rings. The van der Waals surface area contributed by atoms with Crippen molar-refractivity contribution in [2.24, 2.45) is 7.05 Å². The largest absolute Gasteiger partial charge is 0.373 e. The Balaban J connectivity index is 1.66. The number of aryl methyl sites for hydroxylation is 1. The van der Waals surface area contributed by atoms with Crippen molar-refractivity contribution < 1.29 is 4.79 Å². The molecule has 0 bridgehead atoms. The molecule has 1 aromatic carbocycles. The maximum atomic E-state index is 13.2. The molecule has 9 nitrogen and oxygen atoms in total. The highest BCUT2D eigenvalue weighted by atomic mass is 79.9. The first-order chi connectivity index (χ1) is 15.9. The van der Waals surface area contributed by atoms with Crippen molar-refractivity contribution >= 4 is 38.6 Å². The Labute approximate surface area is 197 Å². The van der Waals surface area contributed by atoms with Crippen LogP contribution in [0.2, 0.25) is 0 Å². The summed E-state index contributed by atoms with van der Waals surface area (Å²) < 4.78 is 3.37. The number of hydrogen-bond acceptors (Lipinski definition) is 6. The molecule has 0 aliphatic carbocycles. The van der Waals surface area contributed by atoms with E-state index >= 15 is 0 Å². The molecule has 0 saturated heterocycles. The van der Waals surface area contributed by atoms with Gasteiger partial charge in [-0.15, -0.1) is 0 Å². The van der Waals surface area contributed by atoms with E-state index in [1.54, 1.807) is 26.4 Å². The summed E-state index contributed by atoms with van der Waals surface area (Å²) >= 11 is 3.40. The van der Waals surface area contributed by atoms with Crippen LogP contribution in [0.5, 0.6) is 0 Å². The van der Waals surface area contributed by atoms with Crippen molar-refractivity contribution in [1.82, 2.24) is 24.4 Å². The van der Waals surface area contributed by atoms with Crippen molar-refractivity contribution in [1.29, 1.82) is 0 Å². The van der Waals surface area contributed by atoms with Gasteiger partial charge in [0, 0.05) is 31.3 Å². The van der Waals surface area contributed by atoms with Crippen LogP contribution in [0.3, 0.4) is 0 Å². The van der Waals surface area contributed by atoms with Gasteiger partial charge in [0.2, 0.25) is 0 Å². The number of carbonyl (C=O) groups excluding carboxylic acids is 1. The normalized spacial score (nSPS) is 10.9. The summed E-state index contributed by atoms with van der Waals surface area (Å²) in [4.78, 5) is 47.0. The van der Waals surface area contributed by atoms with Crippen LogP contribution in [-0.2, 0) is 20.1 Å². The number of benzene rings is 1. The van der Waals surface area contributed by atoms with E-state index in [2.05, 4.69) is 36.5 Å². The number of amides is 1. The Kier molecular flexibility index (Phi) is 6.36. The van der Waals surface area contributed by atoms with Gasteiger partial charge in [0.05, 0.1) is 23.6 Å². The van der Waals surface area contributed by atoms with Gasteiger partial charge < -0.3 is 10.6 Å². The summed E-state index contributed by atoms with van der Waals surface area (Å²) in [7, 11) is 3.34. The first-order valence-corrected chi connectivity index (χ1v) is 10.9. The van der Waals surface area contributed by atoms with Gasteiger partial charge in [0.25, 0.3) is 11.5 Å². The molecule has 4 aromatic rings. The van der Waals surface area contributed by atoms with Gasteiger partial charge in [0.1, 0.15) is 11.5 Å². The van der Waals surface area contributed by atoms with Gasteiger partial charge >= 0.3 is 5.69 Å². The van der Waals surface area contributed by atoms with Gasteiger partial charge in [-0.3, -0.25) is 18.7 Å². The van der Waals surface area contributed by atoms with Gasteiger partial charge in [-0.1, -0.05) is 28.1 Å². The van der Waals surface area contributed by atoms with Crippen LogP contribution in [0.4, 0.5) is 5.82 Å². The molecule has 0 saturated carbocycles. The Hall–Kier alpha value is -3.79. The lowest BCUT2D eigenvalue weighted by atomic mass is 10.2. The molecule has 0 atom stereocenters. The topological polar surface area (TPSA) is 111 Å². The fraction of sp³-hybridized carbons (Fsp3) is 0.174. The van der Waals surface area contributed by atoms with Crippen LogP contribution in [0.15, 0.2) is 68.9 Å². The molecule has 1 amide bonds. The zero-order valence-electron chi connectivity index (χ0n) is 18.0. The van der Waals surface area contributed by atoms with Crippen LogP contribution in [0.1, 0.15) is 21.6 Å². The predicted molar refractivity (Wildman–Crippen MR) is 129 cm³/mol. The lowest BCUT2D eigenvalue weighted by Gasteiger charge is -2.12. The Morgan fingerprint density at radius 1 is 1.09 bits per heavy atom. The number of anilines is 1. The van der Waals surface area contributed by atoms with E-state index in [0.717, 1.165) is 20.2 Å². The van der Waals surface area contributed by atoms with Gasteiger partial charge in [-0.05, 0) is 41.5 Å². The molecule has 168 valence electrons. The molecule has 2 N–H and O–H groups in total. The maximum absolute atomic E-state index is 13.2. The number of pyridine rings is 2. The number of halogens is 1. The molecule has 0 spiro atoms. The fourth-order valence-corrected chi connectivity index (χ4v) is 3.93. The molecule has 0 aliphatic heterocycles. The van der Waals surface area contributed by atoms with Crippen molar-refractivity contribution in [2.75, 3.05) is 12.4 Å². The average Bonchev–Trinajstić information content (AvgIpc) is 2.83. The summed E-state index contributed by atoms with van der Waals surface area (Å²) in [6.07, 6.45) is 3.03. The van der Waals surface area contributed by atoms with Crippen LogP contribution in [-0.4, -0.2) is 32.1 Å². The lowest BCUT2D eigenvalue weighted by molar-refractivity contribution is 0.0946. The SMILES string of the molecule is CNc1cc(CNC(=O)c2cc3c(=O)n(Cc4cccc(Br)c4)c(=O)n(C)c3cn2)ccn1. The highest BCUT2D eigenvalue weighted by Crippen LogP contribution is 2.13. The standard InChI is InChI=1S/C23H21BrN6O3/c1-25-20-9-14(6-7-26-20)11-28-21(31)18-10-17-19(12-27-18)29(2)23(33)30(22(17)32)13-15-4-3-5-16(24)8-15/h3-10,12H,11,13H2,1-2H3,(H,25,26)(H,28,31). The first kappa shape index (κ1) is 22.4. The number of nitrogens with one attached hydrogen (secondary N) is 2. The smallest absolute Gasteiger partial charge is 0.331 e. The number of rotatable bonds is 6. The zero-order valence-corrected chi connectivity index (χ0v) is 19.6. The van der Waals surface area contributed by atoms with Crippen LogP contribution >= 0.6 is 15.9 Å². The van der Waals surface area contributed by atoms with Crippen LogP contribution in [0, 0.1) is 0 Å². The Bertz CT molecular complexity index is 1480. The average molecular weight is 509 g/mol. The summed E-state index contributed by atoms with van der Waals surface area (Å²) in [5.74, 6) is 0.268. The molecule has 0 radical (unpaired) electrons. The second-order valence-corrected chi connectivity index (χ2v) is 8.35. The minimum Gasteiger partial charge on any atom is -0.373 e. The van der Waals surface area contributed by atoms with Crippen LogP contribution in [0.25, 0.3) is 10.9 Å². The minimum absolute atomic E-state index is 0.0927. The highest BCUT2D eigenvalue weighted by molar-refractivity contribution is 9.10. The first-order valence-electron chi connectivity index (χ1n) is 10.1. The number of nitrogens with zero attached hydrogens (tertiary/aromatic N) is 4. The predicted octanol–water partition coefficient (Wildman–Crippen LogP) is 2.27. The van der Waals surface area contributed by atoms with Gasteiger partial charge in [-0.25, -0.2) is 14.8 Å². The van der Waals surface area contributed by atoms with E-state index < -0.39 is 17.2 Å². The second kappa shape index (κ2) is 9.37. The van der Waals surface area contributed by atoms with Crippen molar-refractivity contribution in [2.45, 2.75) is 13.1 Å². The summed E-state index contributed by atoms with van der Waals surface area (Å²) in [5.41, 5.74) is 1.19. The van der Waals surface area contributed by atoms with E-state index in [0.29, 0.717) is 11.3 Å². The third-order valence-corrected chi connectivity index (χ3v) is 5.73. The second-order valence-electron chi connectivity index (χ2n) is 7.43. The summed E-state index contributed by atoms with van der Waals surface area (Å²) in [6.45, 7) is 0.386. The van der Waals surface area contributed by atoms with E-state index in [4.69, 9.17) is 0 Å². The number of hydrogen-bond donors (Lipinski definition) is 2. The third-order valence-electron chi connectivity index (χ3n) is 5.23. The highest BCUT2D eigenvalue weighted by Gasteiger charge is 2.15. The molecule has 33 heavy (non-hydrogen) atoms. The Morgan fingerprint density at radius 3 is 2.67 bits per heavy atom. The molecular weight excluding hydrogens is 488 g/mol. The fourth-order valence-electron chi connectivity index (χ4n) is 3.48. The van der Waals surface area contributed by atoms with Crippen LogP contribution < -0.4 is 21.9 Å². The molecule has 4 rings (SSSR count). The lowest BCUT2D eigenvalue weighted by Crippen LogP contribution is -2.39. The number of fused-ring (bicyclic) bond motifs is 1. The molecular formula is C23H21BrN6O3. The van der Waals surface area contributed by atoms with E-state index in [1.165, 1.54) is 16.8 Å². The summed E-state index contributed by atoms with van der Waals surface area (Å²) in [5, 5.41) is 5.99. The third kappa shape index (κ3) is 4.70. The van der Waals surface area contributed by atoms with E-state index in [-0.39, 0.29) is 24.2 Å². The van der Waals surface area contributed by atoms with Crippen molar-refractivity contribution in [3.63, 3.8) is 0 Å². The molecule has 3 aromatic heterocycles. The van der Waals surface area contributed by atoms with E-state index in [1.807, 2.05) is 30.3 Å². The van der Waals surface area contributed by atoms with Crippen molar-refractivity contribution in [3.8, 4) is 0 Å².